The van der Waals surface area contributed by atoms with Crippen LogP contribution >= 0.6 is 15.6 Å². The topological polar surface area (TPSA) is 139 Å². The third-order valence-electron chi connectivity index (χ3n) is 1.25. The highest BCUT2D eigenvalue weighted by atomic mass is 31.3. The van der Waals surface area contributed by atoms with Crippen LogP contribution in [0.1, 0.15) is 13.8 Å². The van der Waals surface area contributed by atoms with Gasteiger partial charge in [-0.3, -0.25) is 4.52 Å². The van der Waals surface area contributed by atoms with Gasteiger partial charge < -0.3 is 20.4 Å². The zero-order valence-electron chi connectivity index (χ0n) is 7.60. The number of nitrogens with two attached hydrogens (primary N) is 1. The van der Waals surface area contributed by atoms with Crippen molar-refractivity contribution in [2.24, 2.45) is 5.73 Å². The van der Waals surface area contributed by atoms with E-state index < -0.39 is 27.8 Å². The van der Waals surface area contributed by atoms with Crippen molar-refractivity contribution in [1.29, 1.82) is 0 Å². The van der Waals surface area contributed by atoms with Crippen molar-refractivity contribution in [3.05, 3.63) is 0 Å². The second-order valence-electron chi connectivity index (χ2n) is 2.71. The lowest BCUT2D eigenvalue weighted by Gasteiger charge is -2.19. The minimum absolute atomic E-state index is 0.573. The Bertz CT molecular complexity index is 273. The number of phosphoric ester groups is 1. The molecule has 10 heteroatoms. The quantitative estimate of drug-likeness (QED) is 0.497. The molecule has 0 radical (unpaired) electrons. The molecule has 5 N–H and O–H groups in total. The molecule has 0 bridgehead atoms. The van der Waals surface area contributed by atoms with Crippen LogP contribution in [0.25, 0.3) is 0 Å². The van der Waals surface area contributed by atoms with E-state index in [0.717, 1.165) is 0 Å². The van der Waals surface area contributed by atoms with Gasteiger partial charge in [0.15, 0.2) is 0 Å². The molecule has 3 unspecified atom stereocenters. The number of hydrogen-bond acceptors (Lipinski definition) is 5. The van der Waals surface area contributed by atoms with Crippen molar-refractivity contribution in [2.45, 2.75) is 26.0 Å². The van der Waals surface area contributed by atoms with Crippen molar-refractivity contribution < 1.29 is 32.6 Å². The van der Waals surface area contributed by atoms with E-state index in [0.29, 0.717) is 0 Å². The zero-order valence-corrected chi connectivity index (χ0v) is 9.39. The largest absolute Gasteiger partial charge is 0.481 e. The highest BCUT2D eigenvalue weighted by Crippen LogP contribution is 2.58. The first kappa shape index (κ1) is 14.2. The van der Waals surface area contributed by atoms with Crippen LogP contribution in [-0.2, 0) is 18.0 Å². The van der Waals surface area contributed by atoms with Crippen LogP contribution in [0.5, 0.6) is 0 Å². The van der Waals surface area contributed by atoms with Crippen LogP contribution in [0.15, 0.2) is 0 Å². The van der Waals surface area contributed by atoms with E-state index in [1.54, 1.807) is 0 Å². The predicted molar refractivity (Wildman–Crippen MR) is 47.2 cm³/mol. The molecule has 0 heterocycles. The van der Waals surface area contributed by atoms with Gasteiger partial charge in [0, 0.05) is 6.04 Å². The van der Waals surface area contributed by atoms with Crippen LogP contribution in [0, 0.1) is 0 Å². The highest BCUT2D eigenvalue weighted by molar-refractivity contribution is 7.60. The SMILES string of the molecule is CC(N)C(C)OP(=O)(O)OP(=O)(O)O. The molecule has 8 nitrogen and oxygen atoms in total. The monoisotopic (exact) mass is 249 g/mol. The summed E-state index contributed by atoms with van der Waals surface area (Å²) in [6.07, 6.45) is -0.864. The summed E-state index contributed by atoms with van der Waals surface area (Å²) in [4.78, 5) is 25.3. The third-order valence-corrected chi connectivity index (χ3v) is 3.52. The molecule has 0 aliphatic carbocycles. The lowest BCUT2D eigenvalue weighted by molar-refractivity contribution is 0.124. The minimum atomic E-state index is -5.05. The molecular weight excluding hydrogens is 236 g/mol. The molecule has 3 atom stereocenters. The Morgan fingerprint density at radius 3 is 1.93 bits per heavy atom. The predicted octanol–water partition coefficient (Wildman–Crippen LogP) is -0.0516. The lowest BCUT2D eigenvalue weighted by atomic mass is 10.2. The van der Waals surface area contributed by atoms with Crippen molar-refractivity contribution in [1.82, 2.24) is 0 Å². The first-order chi connectivity index (χ1) is 6.03. The van der Waals surface area contributed by atoms with Crippen LogP contribution < -0.4 is 5.73 Å². The van der Waals surface area contributed by atoms with Crippen LogP contribution in [-0.4, -0.2) is 26.8 Å². The molecule has 14 heavy (non-hydrogen) atoms. The zero-order chi connectivity index (χ0) is 11.6. The van der Waals surface area contributed by atoms with Gasteiger partial charge >= 0.3 is 15.6 Å². The molecular formula is C4H13NO7P2. The van der Waals surface area contributed by atoms with Gasteiger partial charge in [0.2, 0.25) is 0 Å². The van der Waals surface area contributed by atoms with Crippen molar-refractivity contribution in [2.75, 3.05) is 0 Å². The van der Waals surface area contributed by atoms with Crippen molar-refractivity contribution in [3.8, 4) is 0 Å². The normalized spacial score (nSPS) is 21.3. The van der Waals surface area contributed by atoms with Gasteiger partial charge in [0.05, 0.1) is 6.10 Å². The molecule has 86 valence electrons. The number of phosphoric acid groups is 2. The fraction of sp³-hybridized carbons (Fsp3) is 1.00. The summed E-state index contributed by atoms with van der Waals surface area (Å²) in [7, 11) is -9.82. The Morgan fingerprint density at radius 2 is 1.64 bits per heavy atom. The molecule has 0 aromatic rings. The summed E-state index contributed by atoms with van der Waals surface area (Å²) < 4.78 is 29.0. The molecule has 0 amide bonds. The van der Waals surface area contributed by atoms with Gasteiger partial charge in [-0.15, -0.1) is 0 Å². The van der Waals surface area contributed by atoms with E-state index in [1.807, 2.05) is 0 Å². The maximum Gasteiger partial charge on any atom is 0.481 e. The van der Waals surface area contributed by atoms with E-state index in [-0.39, 0.29) is 0 Å². The Labute approximate surface area is 80.9 Å². The maximum atomic E-state index is 10.9. The van der Waals surface area contributed by atoms with E-state index >= 15 is 0 Å². The molecule has 0 aromatic carbocycles. The summed E-state index contributed by atoms with van der Waals surface area (Å²) in [5.41, 5.74) is 5.30. The standard InChI is InChI=1S/C4H13NO7P2/c1-3(5)4(2)11-14(9,10)12-13(6,7)8/h3-4H,5H2,1-2H3,(H,9,10)(H2,6,7,8). The fourth-order valence-corrected chi connectivity index (χ4v) is 2.30. The van der Waals surface area contributed by atoms with Gasteiger partial charge in [-0.25, -0.2) is 9.13 Å². The van der Waals surface area contributed by atoms with E-state index in [2.05, 4.69) is 8.83 Å². The molecule has 0 spiro atoms. The molecule has 0 aliphatic heterocycles. The molecule has 0 rings (SSSR count). The summed E-state index contributed by atoms with van der Waals surface area (Å²) in [6.45, 7) is 2.87. The van der Waals surface area contributed by atoms with Gasteiger partial charge in [-0.1, -0.05) is 0 Å². The van der Waals surface area contributed by atoms with Crippen LogP contribution in [0.3, 0.4) is 0 Å². The Kier molecular flexibility index (Phi) is 4.90. The number of rotatable bonds is 5. The lowest BCUT2D eigenvalue weighted by Crippen LogP contribution is -2.30. The van der Waals surface area contributed by atoms with Gasteiger partial charge in [0.1, 0.15) is 0 Å². The summed E-state index contributed by atoms with van der Waals surface area (Å²) in [6, 6.07) is -0.573. The summed E-state index contributed by atoms with van der Waals surface area (Å²) >= 11 is 0. The average Bonchev–Trinajstić information content (AvgIpc) is 1.78. The average molecular weight is 249 g/mol. The Morgan fingerprint density at radius 1 is 1.21 bits per heavy atom. The van der Waals surface area contributed by atoms with Gasteiger partial charge in [-0.2, -0.15) is 4.31 Å². The minimum Gasteiger partial charge on any atom is -0.326 e. The van der Waals surface area contributed by atoms with Gasteiger partial charge in [0.25, 0.3) is 0 Å². The second-order valence-corrected chi connectivity index (χ2v) is 5.49. The highest BCUT2D eigenvalue weighted by Gasteiger charge is 2.34. The van der Waals surface area contributed by atoms with Crippen molar-refractivity contribution >= 4 is 15.6 Å². The molecule has 0 saturated heterocycles. The van der Waals surface area contributed by atoms with E-state index in [4.69, 9.17) is 20.4 Å². The van der Waals surface area contributed by atoms with Crippen LogP contribution in [0.4, 0.5) is 0 Å². The van der Waals surface area contributed by atoms with E-state index in [9.17, 15) is 9.13 Å². The summed E-state index contributed by atoms with van der Waals surface area (Å²) in [5.74, 6) is 0. The molecule has 0 saturated carbocycles. The Balaban J connectivity index is 4.36. The smallest absolute Gasteiger partial charge is 0.326 e. The van der Waals surface area contributed by atoms with E-state index in [1.165, 1.54) is 13.8 Å². The Hall–Kier alpha value is 0.220. The molecule has 0 fully saturated rings. The fourth-order valence-electron chi connectivity index (χ4n) is 0.460. The number of hydrogen-bond donors (Lipinski definition) is 4. The summed E-state index contributed by atoms with van der Waals surface area (Å²) in [5, 5.41) is 0. The van der Waals surface area contributed by atoms with Crippen molar-refractivity contribution in [3.63, 3.8) is 0 Å². The molecule has 0 aromatic heterocycles. The third kappa shape index (κ3) is 6.64. The first-order valence-electron chi connectivity index (χ1n) is 3.57. The maximum absolute atomic E-state index is 10.9. The second kappa shape index (κ2) is 4.83. The van der Waals surface area contributed by atoms with Gasteiger partial charge in [-0.05, 0) is 13.8 Å². The first-order valence-corrected chi connectivity index (χ1v) is 6.60. The van der Waals surface area contributed by atoms with Crippen LogP contribution in [0.2, 0.25) is 0 Å². The molecule has 0 aliphatic rings.